The molecule has 9 aliphatic rings. The predicted molar refractivity (Wildman–Crippen MR) is 216 cm³/mol. The Morgan fingerprint density at radius 2 is 1.02 bits per heavy atom. The monoisotopic (exact) mass is 808 g/mol. The number of esters is 3. The molecule has 11 nitrogen and oxygen atoms in total. The first-order valence-electron chi connectivity index (χ1n) is 21.7. The second-order valence-corrected chi connectivity index (χ2v) is 20.4. The van der Waals surface area contributed by atoms with E-state index in [0.29, 0.717) is 22.6 Å². The number of carbonyl (C=O) groups is 3. The largest absolute Gasteiger partial charge is 0.458 e. The Kier molecular flexibility index (Phi) is 11.2. The average molecular weight is 809 g/mol. The predicted octanol–water partition coefficient (Wildman–Crippen LogP) is 6.33. The lowest BCUT2D eigenvalue weighted by atomic mass is 9.50. The second-order valence-electron chi connectivity index (χ2n) is 20.4. The van der Waals surface area contributed by atoms with Crippen molar-refractivity contribution < 1.29 is 53.4 Å². The summed E-state index contributed by atoms with van der Waals surface area (Å²) in [5.41, 5.74) is 0.554. The smallest absolute Gasteiger partial charge is 0.334 e. The van der Waals surface area contributed by atoms with E-state index in [4.69, 9.17) is 23.7 Å². The molecule has 0 aromatic carbocycles. The van der Waals surface area contributed by atoms with Crippen LogP contribution in [0.25, 0.3) is 0 Å². The van der Waals surface area contributed by atoms with Crippen LogP contribution in [0.3, 0.4) is 0 Å². The normalized spacial score (nSPS) is 50.2. The van der Waals surface area contributed by atoms with Gasteiger partial charge in [0.15, 0.2) is 0 Å². The molecule has 17 atom stereocenters. The molecule has 9 rings (SSSR count). The summed E-state index contributed by atoms with van der Waals surface area (Å²) in [4.78, 5) is 35.3. The highest BCUT2D eigenvalue weighted by molar-refractivity contribution is 5.92. The summed E-state index contributed by atoms with van der Waals surface area (Å²) < 4.78 is 28.1. The first-order chi connectivity index (χ1) is 27.0. The molecular formula is C47H68O11. The van der Waals surface area contributed by atoms with Gasteiger partial charge in [0.1, 0.15) is 18.3 Å². The lowest BCUT2D eigenvalue weighted by Gasteiger charge is -2.59. The molecule has 0 bridgehead atoms. The van der Waals surface area contributed by atoms with Crippen molar-refractivity contribution in [3.63, 3.8) is 0 Å². The van der Waals surface area contributed by atoms with Gasteiger partial charge in [0, 0.05) is 65.9 Å². The van der Waals surface area contributed by atoms with Gasteiger partial charge < -0.3 is 39.0 Å². The summed E-state index contributed by atoms with van der Waals surface area (Å²) in [5, 5.41) is 32.2. The van der Waals surface area contributed by atoms with Gasteiger partial charge in [-0.1, -0.05) is 38.8 Å². The van der Waals surface area contributed by atoms with E-state index in [0.717, 1.165) is 77.0 Å². The number of carbonyl (C=O) groups excluding carboxylic acids is 3. The molecule has 6 aliphatic carbocycles. The molecule has 3 N–H and O–H groups in total. The van der Waals surface area contributed by atoms with Gasteiger partial charge in [-0.25, -0.2) is 14.4 Å². The maximum absolute atomic E-state index is 11.8. The number of hydrogen-bond donors (Lipinski definition) is 3. The third-order valence-corrected chi connectivity index (χ3v) is 17.4. The molecule has 0 amide bonds. The molecule has 6 saturated carbocycles. The summed E-state index contributed by atoms with van der Waals surface area (Å²) in [5.74, 6) is -0.172. The lowest BCUT2D eigenvalue weighted by Crippen LogP contribution is -2.62. The fraction of sp³-hybridized carbons (Fsp3) is 0.766. The van der Waals surface area contributed by atoms with E-state index in [1.165, 1.54) is 5.57 Å². The molecule has 3 aliphatic heterocycles. The number of allylic oxidation sites excluding steroid dienone is 1. The molecule has 9 fully saturated rings. The van der Waals surface area contributed by atoms with E-state index in [9.17, 15) is 29.7 Å². The second kappa shape index (κ2) is 15.0. The zero-order valence-corrected chi connectivity index (χ0v) is 35.8. The van der Waals surface area contributed by atoms with Crippen LogP contribution in [0, 0.1) is 52.8 Å². The molecule has 0 radical (unpaired) electrons. The van der Waals surface area contributed by atoms with Gasteiger partial charge in [0.2, 0.25) is 0 Å². The minimum absolute atomic E-state index is 0.0132. The number of ether oxygens (including phenoxy) is 5. The summed E-state index contributed by atoms with van der Waals surface area (Å²) in [7, 11) is 3.49. The Balaban J connectivity index is 0.000000133. The van der Waals surface area contributed by atoms with E-state index in [1.807, 2.05) is 13.8 Å². The summed E-state index contributed by atoms with van der Waals surface area (Å²) in [6.07, 6.45) is 8.99. The lowest BCUT2D eigenvalue weighted by molar-refractivity contribution is -0.214. The Bertz CT molecular complexity index is 1750. The van der Waals surface area contributed by atoms with E-state index < -0.39 is 23.4 Å². The van der Waals surface area contributed by atoms with E-state index in [-0.39, 0.29) is 88.2 Å². The Morgan fingerprint density at radius 3 is 1.55 bits per heavy atom. The number of aliphatic hydroxyl groups excluding tert-OH is 1. The van der Waals surface area contributed by atoms with Gasteiger partial charge in [0.05, 0.1) is 28.5 Å². The van der Waals surface area contributed by atoms with Gasteiger partial charge in [-0.2, -0.15) is 0 Å². The van der Waals surface area contributed by atoms with Crippen LogP contribution in [-0.4, -0.2) is 94.3 Å². The van der Waals surface area contributed by atoms with Crippen molar-refractivity contribution in [1.82, 2.24) is 0 Å². The molecule has 0 spiro atoms. The van der Waals surface area contributed by atoms with Gasteiger partial charge in [0.25, 0.3) is 0 Å². The maximum atomic E-state index is 11.8. The quantitative estimate of drug-likeness (QED) is 0.124. The highest BCUT2D eigenvalue weighted by atomic mass is 16.6. The van der Waals surface area contributed by atoms with Crippen molar-refractivity contribution in [3.05, 3.63) is 48.6 Å². The van der Waals surface area contributed by atoms with Gasteiger partial charge >= 0.3 is 17.9 Å². The summed E-state index contributed by atoms with van der Waals surface area (Å²) >= 11 is 0. The Labute approximate surface area is 344 Å². The van der Waals surface area contributed by atoms with Gasteiger partial charge in [-0.15, -0.1) is 0 Å². The van der Waals surface area contributed by atoms with Crippen LogP contribution in [-0.2, 0) is 38.1 Å². The topological polar surface area (TPSA) is 158 Å². The van der Waals surface area contributed by atoms with Crippen molar-refractivity contribution >= 4 is 17.9 Å². The average Bonchev–Trinajstić information content (AvgIpc) is 3.87. The molecule has 58 heavy (non-hydrogen) atoms. The fourth-order valence-electron chi connectivity index (χ4n) is 13.3. The molecule has 11 heteroatoms. The van der Waals surface area contributed by atoms with Crippen LogP contribution >= 0.6 is 0 Å². The fourth-order valence-corrected chi connectivity index (χ4v) is 13.3. The van der Waals surface area contributed by atoms with Crippen LogP contribution in [0.15, 0.2) is 48.6 Å². The number of aliphatic hydroxyl groups is 3. The van der Waals surface area contributed by atoms with Gasteiger partial charge in [-0.05, 0) is 122 Å². The van der Waals surface area contributed by atoms with E-state index in [2.05, 4.69) is 47.1 Å². The van der Waals surface area contributed by atoms with Crippen molar-refractivity contribution in [1.29, 1.82) is 0 Å². The molecular weight excluding hydrogens is 741 g/mol. The maximum Gasteiger partial charge on any atom is 0.334 e. The molecule has 1 unspecified atom stereocenters. The minimum atomic E-state index is -0.803. The van der Waals surface area contributed by atoms with Crippen LogP contribution in [0.1, 0.15) is 112 Å². The van der Waals surface area contributed by atoms with Crippen LogP contribution in [0.2, 0.25) is 0 Å². The van der Waals surface area contributed by atoms with Crippen molar-refractivity contribution in [2.45, 2.75) is 158 Å². The molecule has 3 heterocycles. The SMILES string of the molecule is C=C1C(=O)O[C@@H]2[C@@H](O)[C@]3(C)CC[C@H]3[C@](C)(OC)CC[C@@H]12.C=C1C(=O)O[C@@H]2[C@@H]3[C@@H](CC[C@@]3(C)O)[C@](C)(OC)CC[C@@H]12.C=C1CC[C@H]2C(=C)C(=O)O[C@@H]2C2[C@H]1CC[C@@]2(C)O. The third kappa shape index (κ3) is 6.77. The summed E-state index contributed by atoms with van der Waals surface area (Å²) in [6, 6.07) is 0. The standard InChI is InChI=1S/2C16H24O4.C15H20O3/c1-9-10-5-8-16(3,19-4)11-6-7-15(2,18)12(11)13(10)20-14(9)17;1-9-10-5-8-16(3,19-4)11-6-7-15(11,2)13(17)12(10)20-14(9)18;1-8-4-5-11-9(2)14(16)18-13(11)12-10(8)6-7-15(12,3)17/h10-13,18H,1,5-8H2,2-4H3;10-13,17H,1,5-8H2,2-4H3;10-13,17H,1-2,4-7H2,3H3/t10-,11+,12-,13-,15+,16+;10-,11+,12-,13+,15+,16+;10-,11-,12?,13-,15+/m000/s1. The minimum Gasteiger partial charge on any atom is -0.458 e. The Hall–Kier alpha value is -2.83. The first-order valence-corrected chi connectivity index (χ1v) is 21.7. The molecule has 0 aromatic rings. The molecule has 322 valence electrons. The highest BCUT2D eigenvalue weighted by Gasteiger charge is 2.63. The third-order valence-electron chi connectivity index (χ3n) is 17.4. The molecule has 0 aromatic heterocycles. The van der Waals surface area contributed by atoms with Crippen LogP contribution in [0.4, 0.5) is 0 Å². The van der Waals surface area contributed by atoms with Crippen LogP contribution < -0.4 is 0 Å². The first kappa shape index (κ1) is 43.3. The van der Waals surface area contributed by atoms with E-state index >= 15 is 0 Å². The van der Waals surface area contributed by atoms with Gasteiger partial charge in [-0.3, -0.25) is 0 Å². The highest BCUT2D eigenvalue weighted by Crippen LogP contribution is 2.60. The summed E-state index contributed by atoms with van der Waals surface area (Å²) in [6.45, 7) is 25.9. The zero-order valence-electron chi connectivity index (χ0n) is 35.8. The van der Waals surface area contributed by atoms with Crippen molar-refractivity contribution in [2.24, 2.45) is 52.8 Å². The molecule has 3 saturated heterocycles. The number of rotatable bonds is 2. The zero-order chi connectivity index (χ0) is 42.5. The van der Waals surface area contributed by atoms with Crippen molar-refractivity contribution in [3.8, 4) is 0 Å². The Morgan fingerprint density at radius 1 is 0.569 bits per heavy atom. The number of methoxy groups -OCH3 is 2. The van der Waals surface area contributed by atoms with Crippen LogP contribution in [0.5, 0.6) is 0 Å². The van der Waals surface area contributed by atoms with E-state index in [1.54, 1.807) is 14.2 Å². The van der Waals surface area contributed by atoms with Crippen molar-refractivity contribution in [2.75, 3.05) is 14.2 Å². The number of fused-ring (bicyclic) bond motifs is 8. The number of hydrogen-bond acceptors (Lipinski definition) is 11.